The minimum atomic E-state index is -0.875. The maximum atomic E-state index is 12.1. The maximum absolute atomic E-state index is 12.1. The first-order valence-electron chi connectivity index (χ1n) is 7.88. The fourth-order valence-corrected chi connectivity index (χ4v) is 2.99. The highest BCUT2D eigenvalue weighted by atomic mass is 17.0. The topological polar surface area (TPSA) is 129 Å². The summed E-state index contributed by atoms with van der Waals surface area (Å²) in [6.07, 6.45) is 1.02. The van der Waals surface area contributed by atoms with Crippen molar-refractivity contribution in [2.75, 3.05) is 20.3 Å². The second-order valence-electron chi connectivity index (χ2n) is 5.84. The Labute approximate surface area is 148 Å². The van der Waals surface area contributed by atoms with Gasteiger partial charge in [-0.2, -0.15) is 0 Å². The number of nitrogens with zero attached hydrogens (tertiary/aromatic N) is 1. The van der Waals surface area contributed by atoms with Gasteiger partial charge in [-0.05, 0) is 23.8 Å². The summed E-state index contributed by atoms with van der Waals surface area (Å²) in [4.78, 5) is 27.1. The summed E-state index contributed by atoms with van der Waals surface area (Å²) in [5.41, 5.74) is 0.673. The number of benzene rings is 1. The minimum absolute atomic E-state index is 0.00753. The van der Waals surface area contributed by atoms with Crippen molar-refractivity contribution >= 4 is 12.0 Å². The maximum Gasteiger partial charge on any atom is 0.294 e. The largest absolute Gasteiger partial charge is 0.504 e. The molecule has 2 N–H and O–H groups in total. The molecule has 0 radical (unpaired) electrons. The third-order valence-corrected chi connectivity index (χ3v) is 4.19. The van der Waals surface area contributed by atoms with E-state index in [0.717, 1.165) is 0 Å². The number of hydrogen-bond donors (Lipinski definition) is 2. The number of phenolic OH excluding ortho intramolecular Hbond substituents is 1. The lowest BCUT2D eigenvalue weighted by Gasteiger charge is -2.16. The Balaban J connectivity index is 1.57. The van der Waals surface area contributed by atoms with Gasteiger partial charge in [0.1, 0.15) is 12.2 Å². The van der Waals surface area contributed by atoms with Crippen molar-refractivity contribution in [2.45, 2.75) is 24.4 Å². The van der Waals surface area contributed by atoms with Gasteiger partial charge in [-0.15, -0.1) is 10.1 Å². The first-order chi connectivity index (χ1) is 12.5. The Bertz CT molecular complexity index is 722. The van der Waals surface area contributed by atoms with Crippen molar-refractivity contribution in [3.8, 4) is 11.5 Å². The number of nitrogens with one attached hydrogen (secondary N) is 1. The van der Waals surface area contributed by atoms with Crippen LogP contribution in [0, 0.1) is 10.1 Å². The SMILES string of the molecule is COc1cc(/C=C/C(=O)N[C@H]2CO[C@H]3[C@@H]2OC[C@@H]3O[N+](=O)[O-])ccc1O. The van der Waals surface area contributed by atoms with Crippen molar-refractivity contribution in [1.82, 2.24) is 5.32 Å². The first-order valence-corrected chi connectivity index (χ1v) is 7.88. The molecule has 1 aromatic rings. The van der Waals surface area contributed by atoms with Gasteiger partial charge in [0.25, 0.3) is 5.09 Å². The average molecular weight is 366 g/mol. The molecule has 2 aliphatic rings. The molecule has 0 saturated carbocycles. The van der Waals surface area contributed by atoms with Crippen molar-refractivity contribution in [2.24, 2.45) is 0 Å². The Morgan fingerprint density at radius 3 is 2.88 bits per heavy atom. The van der Waals surface area contributed by atoms with Crippen LogP contribution >= 0.6 is 0 Å². The molecule has 1 amide bonds. The number of carbonyl (C=O) groups excluding carboxylic acids is 1. The predicted molar refractivity (Wildman–Crippen MR) is 87.0 cm³/mol. The number of phenols is 1. The monoisotopic (exact) mass is 366 g/mol. The molecule has 0 aromatic heterocycles. The van der Waals surface area contributed by atoms with E-state index in [-0.39, 0.29) is 24.9 Å². The summed E-state index contributed by atoms with van der Waals surface area (Å²) in [5.74, 6) is -0.0579. The number of carbonyl (C=O) groups is 1. The molecule has 10 nitrogen and oxygen atoms in total. The zero-order chi connectivity index (χ0) is 18.7. The zero-order valence-electron chi connectivity index (χ0n) is 13.9. The van der Waals surface area contributed by atoms with Crippen molar-refractivity contribution in [1.29, 1.82) is 0 Å². The van der Waals surface area contributed by atoms with Gasteiger partial charge in [-0.25, -0.2) is 0 Å². The number of amides is 1. The number of rotatable bonds is 6. The Morgan fingerprint density at radius 1 is 1.38 bits per heavy atom. The highest BCUT2D eigenvalue weighted by Gasteiger charge is 2.49. The molecule has 0 aliphatic carbocycles. The quantitative estimate of drug-likeness (QED) is 0.417. The van der Waals surface area contributed by atoms with Gasteiger partial charge in [0, 0.05) is 6.08 Å². The van der Waals surface area contributed by atoms with E-state index in [9.17, 15) is 20.0 Å². The lowest BCUT2D eigenvalue weighted by atomic mass is 10.1. The first kappa shape index (κ1) is 18.0. The van der Waals surface area contributed by atoms with Gasteiger partial charge < -0.3 is 29.5 Å². The molecule has 0 bridgehead atoms. The van der Waals surface area contributed by atoms with E-state index >= 15 is 0 Å². The highest BCUT2D eigenvalue weighted by Crippen LogP contribution is 2.29. The van der Waals surface area contributed by atoms with E-state index in [1.165, 1.54) is 19.3 Å². The van der Waals surface area contributed by atoms with Crippen LogP contribution in [-0.4, -0.2) is 60.8 Å². The molecular weight excluding hydrogens is 348 g/mol. The summed E-state index contributed by atoms with van der Waals surface area (Å²) < 4.78 is 16.0. The van der Waals surface area contributed by atoms with Gasteiger partial charge in [-0.1, -0.05) is 6.07 Å². The van der Waals surface area contributed by atoms with Crippen LogP contribution in [0.25, 0.3) is 6.08 Å². The van der Waals surface area contributed by atoms with Gasteiger partial charge in [0.2, 0.25) is 5.91 Å². The highest BCUT2D eigenvalue weighted by molar-refractivity contribution is 5.92. The van der Waals surface area contributed by atoms with Crippen LogP contribution < -0.4 is 10.1 Å². The third-order valence-electron chi connectivity index (χ3n) is 4.19. The van der Waals surface area contributed by atoms with E-state index in [0.29, 0.717) is 11.3 Å². The summed E-state index contributed by atoms with van der Waals surface area (Å²) >= 11 is 0. The molecule has 1 aromatic carbocycles. The van der Waals surface area contributed by atoms with Gasteiger partial charge >= 0.3 is 0 Å². The molecule has 0 spiro atoms. The fraction of sp³-hybridized carbons (Fsp3) is 0.438. The molecule has 2 aliphatic heterocycles. The summed E-state index contributed by atoms with van der Waals surface area (Å²) in [7, 11) is 1.43. The van der Waals surface area contributed by atoms with Crippen LogP contribution in [0.2, 0.25) is 0 Å². The molecule has 26 heavy (non-hydrogen) atoms. The summed E-state index contributed by atoms with van der Waals surface area (Å²) in [6.45, 7) is 0.214. The lowest BCUT2D eigenvalue weighted by molar-refractivity contribution is -0.769. The van der Waals surface area contributed by atoms with Gasteiger partial charge in [0.15, 0.2) is 17.6 Å². The Kier molecular flexibility index (Phi) is 5.24. The van der Waals surface area contributed by atoms with Gasteiger partial charge in [-0.3, -0.25) is 4.79 Å². The van der Waals surface area contributed by atoms with Gasteiger partial charge in [0.05, 0.1) is 26.4 Å². The van der Waals surface area contributed by atoms with Crippen molar-refractivity contribution < 1.29 is 34.0 Å². The predicted octanol–water partition coefficient (Wildman–Crippen LogP) is 0.273. The van der Waals surface area contributed by atoms with Crippen LogP contribution in [0.3, 0.4) is 0 Å². The lowest BCUT2D eigenvalue weighted by Crippen LogP contribution is -2.43. The van der Waals surface area contributed by atoms with Crippen LogP contribution in [0.15, 0.2) is 24.3 Å². The normalized spacial score (nSPS) is 27.3. The number of aromatic hydroxyl groups is 1. The minimum Gasteiger partial charge on any atom is -0.504 e. The van der Waals surface area contributed by atoms with Crippen LogP contribution in [0.1, 0.15) is 5.56 Å². The molecule has 2 saturated heterocycles. The molecular formula is C16H18N2O8. The fourth-order valence-electron chi connectivity index (χ4n) is 2.99. The standard InChI is InChI=1S/C16H18N2O8/c1-23-12-6-9(2-4-11(12)19)3-5-14(20)17-10-7-24-16-13(26-18(21)22)8-25-15(10)16/h2-6,10,13,15-16,19H,7-8H2,1H3,(H,17,20)/b5-3+/t10-,13-,15+,16+/m0/s1. The molecule has 10 heteroatoms. The van der Waals surface area contributed by atoms with E-state index in [1.807, 2.05) is 0 Å². The molecule has 0 unspecified atom stereocenters. The average Bonchev–Trinajstić information content (AvgIpc) is 3.17. The van der Waals surface area contributed by atoms with Crippen LogP contribution in [0.4, 0.5) is 0 Å². The smallest absolute Gasteiger partial charge is 0.294 e. The number of ether oxygens (including phenoxy) is 3. The molecule has 2 fully saturated rings. The second-order valence-corrected chi connectivity index (χ2v) is 5.84. The van der Waals surface area contributed by atoms with E-state index < -0.39 is 29.4 Å². The van der Waals surface area contributed by atoms with E-state index in [4.69, 9.17) is 14.2 Å². The molecule has 2 heterocycles. The molecule has 3 rings (SSSR count). The van der Waals surface area contributed by atoms with Crippen LogP contribution in [-0.2, 0) is 19.1 Å². The van der Waals surface area contributed by atoms with Crippen molar-refractivity contribution in [3.63, 3.8) is 0 Å². The number of hydrogen-bond acceptors (Lipinski definition) is 8. The zero-order valence-corrected chi connectivity index (χ0v) is 13.9. The number of fused-ring (bicyclic) bond motifs is 1. The Hall–Kier alpha value is -2.85. The van der Waals surface area contributed by atoms with E-state index in [1.54, 1.807) is 18.2 Å². The Morgan fingerprint density at radius 2 is 2.15 bits per heavy atom. The number of methoxy groups -OCH3 is 1. The van der Waals surface area contributed by atoms with Crippen molar-refractivity contribution in [3.05, 3.63) is 40.0 Å². The molecule has 4 atom stereocenters. The van der Waals surface area contributed by atoms with E-state index in [2.05, 4.69) is 10.2 Å². The second kappa shape index (κ2) is 7.58. The molecule has 140 valence electrons. The third kappa shape index (κ3) is 3.86. The summed E-state index contributed by atoms with van der Waals surface area (Å²) in [5, 5.41) is 21.9. The van der Waals surface area contributed by atoms with Crippen LogP contribution in [0.5, 0.6) is 11.5 Å². The summed E-state index contributed by atoms with van der Waals surface area (Å²) in [6, 6.07) is 4.27.